The number of hydrogen-bond acceptors (Lipinski definition) is 0. The topological polar surface area (TPSA) is 8.81 Å². The van der Waals surface area contributed by atoms with Crippen LogP contribution in [0.25, 0.3) is 6.20 Å². The van der Waals surface area contributed by atoms with E-state index >= 15 is 0 Å². The number of allylic oxidation sites excluding steroid dienone is 1. The molecule has 2 nitrogen and oxygen atoms in total. The van der Waals surface area contributed by atoms with E-state index in [9.17, 15) is 0 Å². The van der Waals surface area contributed by atoms with Gasteiger partial charge in [0.25, 0.3) is 0 Å². The van der Waals surface area contributed by atoms with Gasteiger partial charge in [-0.25, -0.2) is 9.13 Å². The lowest BCUT2D eigenvalue weighted by Crippen LogP contribution is -3.00. The van der Waals surface area contributed by atoms with Crippen LogP contribution in [0.5, 0.6) is 0 Å². The van der Waals surface area contributed by atoms with Crippen molar-refractivity contribution in [1.82, 2.24) is 4.57 Å². The Hall–Kier alpha value is -0.320. The third-order valence-electron chi connectivity index (χ3n) is 1.11. The van der Waals surface area contributed by atoms with E-state index in [0.29, 0.717) is 0 Å². The van der Waals surface area contributed by atoms with Crippen molar-refractivity contribution in [2.75, 3.05) is 0 Å². The molecule has 0 bridgehead atoms. The maximum absolute atomic E-state index is 2.00. The number of nitrogens with zero attached hydrogens (tertiary/aromatic N) is 2. The molecule has 0 spiro atoms. The Labute approximate surface area is 78.2 Å². The molecular weight excluding hydrogens is 239 g/mol. The highest BCUT2D eigenvalue weighted by Crippen LogP contribution is 1.82. The molecule has 0 aromatic carbocycles. The molecule has 56 valence electrons. The quantitative estimate of drug-likeness (QED) is 0.395. The maximum atomic E-state index is 2.00. The summed E-state index contributed by atoms with van der Waals surface area (Å²) in [7, 11) is 2.00. The van der Waals surface area contributed by atoms with Gasteiger partial charge in [0.05, 0.1) is 13.2 Å². The number of imidazole rings is 1. The van der Waals surface area contributed by atoms with Crippen LogP contribution in [0.4, 0.5) is 0 Å². The molecule has 0 unspecified atom stereocenters. The first-order valence-electron chi connectivity index (χ1n) is 2.98. The van der Waals surface area contributed by atoms with Gasteiger partial charge in [0.1, 0.15) is 12.4 Å². The van der Waals surface area contributed by atoms with Crippen LogP contribution < -0.4 is 28.5 Å². The van der Waals surface area contributed by atoms with Gasteiger partial charge in [0, 0.05) is 0 Å². The van der Waals surface area contributed by atoms with Crippen molar-refractivity contribution in [3.8, 4) is 0 Å². The molecule has 0 saturated heterocycles. The number of aryl methyl sites for hydroxylation is 1. The molecule has 1 aromatic rings. The van der Waals surface area contributed by atoms with Crippen molar-refractivity contribution in [3.05, 3.63) is 24.8 Å². The Morgan fingerprint density at radius 1 is 1.50 bits per heavy atom. The Bertz CT molecular complexity index is 215. The summed E-state index contributed by atoms with van der Waals surface area (Å²) in [5.74, 6) is 0. The number of halogens is 1. The summed E-state index contributed by atoms with van der Waals surface area (Å²) in [6.45, 7) is 2.00. The second-order valence-corrected chi connectivity index (χ2v) is 2.01. The van der Waals surface area contributed by atoms with E-state index in [1.165, 1.54) is 0 Å². The van der Waals surface area contributed by atoms with Crippen molar-refractivity contribution in [2.45, 2.75) is 6.92 Å². The SMILES string of the molecule is CC=Cn1cc[n+](C)c1.[I-]. The molecule has 0 aliphatic carbocycles. The summed E-state index contributed by atoms with van der Waals surface area (Å²) < 4.78 is 4.00. The zero-order chi connectivity index (χ0) is 6.69. The van der Waals surface area contributed by atoms with Crippen molar-refractivity contribution < 1.29 is 28.5 Å². The molecular formula is C7H11IN2. The van der Waals surface area contributed by atoms with Crippen LogP contribution in [0.2, 0.25) is 0 Å². The normalized spacial score (nSPS) is 9.80. The standard InChI is InChI=1S/C7H11N2.HI/c1-3-4-9-6-5-8(2)7-9;/h3-7H,1-2H3;1H/q+1;/p-1. The van der Waals surface area contributed by atoms with Crippen LogP contribution >= 0.6 is 0 Å². The lowest BCUT2D eigenvalue weighted by molar-refractivity contribution is -0.670. The first kappa shape index (κ1) is 9.68. The average Bonchev–Trinajstić information content (AvgIpc) is 2.17. The van der Waals surface area contributed by atoms with E-state index in [1.54, 1.807) is 0 Å². The predicted molar refractivity (Wildman–Crippen MR) is 36.6 cm³/mol. The van der Waals surface area contributed by atoms with Crippen LogP contribution in [-0.2, 0) is 7.05 Å². The van der Waals surface area contributed by atoms with Gasteiger partial charge >= 0.3 is 0 Å². The first-order chi connectivity index (χ1) is 4.33. The highest BCUT2D eigenvalue weighted by atomic mass is 127. The maximum Gasteiger partial charge on any atom is 0.248 e. The third kappa shape index (κ3) is 2.51. The van der Waals surface area contributed by atoms with Crippen molar-refractivity contribution >= 4 is 6.20 Å². The van der Waals surface area contributed by atoms with Gasteiger partial charge in [-0.3, -0.25) is 0 Å². The van der Waals surface area contributed by atoms with Crippen molar-refractivity contribution in [2.24, 2.45) is 7.05 Å². The van der Waals surface area contributed by atoms with Crippen LogP contribution in [0, 0.1) is 0 Å². The molecule has 0 aliphatic rings. The molecule has 0 aliphatic heterocycles. The summed E-state index contributed by atoms with van der Waals surface area (Å²) in [4.78, 5) is 0. The molecule has 0 N–H and O–H groups in total. The van der Waals surface area contributed by atoms with E-state index in [0.717, 1.165) is 0 Å². The van der Waals surface area contributed by atoms with E-state index < -0.39 is 0 Å². The molecule has 0 radical (unpaired) electrons. The van der Waals surface area contributed by atoms with Crippen molar-refractivity contribution in [1.29, 1.82) is 0 Å². The fraction of sp³-hybridized carbons (Fsp3) is 0.286. The van der Waals surface area contributed by atoms with E-state index in [2.05, 4.69) is 0 Å². The second kappa shape index (κ2) is 4.49. The Balaban J connectivity index is 0.000000810. The fourth-order valence-electron chi connectivity index (χ4n) is 0.730. The van der Waals surface area contributed by atoms with Gasteiger partial charge in [-0.05, 0) is 13.0 Å². The van der Waals surface area contributed by atoms with E-state index in [1.807, 2.05) is 54.1 Å². The monoisotopic (exact) mass is 250 g/mol. The highest BCUT2D eigenvalue weighted by Gasteiger charge is 1.91. The summed E-state index contributed by atoms with van der Waals surface area (Å²) in [5.41, 5.74) is 0. The van der Waals surface area contributed by atoms with Gasteiger partial charge in [0.15, 0.2) is 0 Å². The fourth-order valence-corrected chi connectivity index (χ4v) is 0.730. The highest BCUT2D eigenvalue weighted by molar-refractivity contribution is 5.18. The number of aromatic nitrogens is 2. The molecule has 0 atom stereocenters. The third-order valence-corrected chi connectivity index (χ3v) is 1.11. The molecule has 1 heterocycles. The predicted octanol–water partition coefficient (Wildman–Crippen LogP) is -2.19. The van der Waals surface area contributed by atoms with Crippen LogP contribution in [0.15, 0.2) is 24.8 Å². The lowest BCUT2D eigenvalue weighted by atomic mass is 10.7. The largest absolute Gasteiger partial charge is 1.00 e. The number of hydrogen-bond donors (Lipinski definition) is 0. The van der Waals surface area contributed by atoms with Gasteiger partial charge in [-0.1, -0.05) is 0 Å². The van der Waals surface area contributed by atoms with Gasteiger partial charge in [-0.2, -0.15) is 0 Å². The second-order valence-electron chi connectivity index (χ2n) is 2.01. The number of rotatable bonds is 1. The molecule has 1 aromatic heterocycles. The Kier molecular flexibility index (Phi) is 4.34. The summed E-state index contributed by atoms with van der Waals surface area (Å²) in [6, 6.07) is 0. The Morgan fingerprint density at radius 3 is 2.60 bits per heavy atom. The smallest absolute Gasteiger partial charge is 0.248 e. The van der Waals surface area contributed by atoms with Crippen LogP contribution in [0.1, 0.15) is 6.92 Å². The van der Waals surface area contributed by atoms with Crippen molar-refractivity contribution in [3.63, 3.8) is 0 Å². The zero-order valence-electron chi connectivity index (χ0n) is 6.16. The van der Waals surface area contributed by atoms with Crippen LogP contribution in [0.3, 0.4) is 0 Å². The minimum absolute atomic E-state index is 0. The van der Waals surface area contributed by atoms with E-state index in [4.69, 9.17) is 0 Å². The molecule has 0 fully saturated rings. The summed E-state index contributed by atoms with van der Waals surface area (Å²) in [6.07, 6.45) is 10.0. The molecule has 0 amide bonds. The zero-order valence-corrected chi connectivity index (χ0v) is 8.32. The first-order valence-corrected chi connectivity index (χ1v) is 2.98. The summed E-state index contributed by atoms with van der Waals surface area (Å²) >= 11 is 0. The minimum Gasteiger partial charge on any atom is -1.00 e. The van der Waals surface area contributed by atoms with Gasteiger partial charge in [0.2, 0.25) is 6.33 Å². The minimum atomic E-state index is 0. The van der Waals surface area contributed by atoms with Gasteiger partial charge < -0.3 is 24.0 Å². The Morgan fingerprint density at radius 2 is 2.20 bits per heavy atom. The molecule has 0 saturated carbocycles. The summed E-state index contributed by atoms with van der Waals surface area (Å²) in [5, 5.41) is 0. The molecule has 10 heavy (non-hydrogen) atoms. The molecule has 3 heteroatoms. The lowest BCUT2D eigenvalue weighted by Gasteiger charge is -1.77. The van der Waals surface area contributed by atoms with Crippen LogP contribution in [-0.4, -0.2) is 4.57 Å². The molecule has 1 rings (SSSR count). The van der Waals surface area contributed by atoms with Gasteiger partial charge in [-0.15, -0.1) is 0 Å². The average molecular weight is 250 g/mol. The van der Waals surface area contributed by atoms with E-state index in [-0.39, 0.29) is 24.0 Å².